The Bertz CT molecular complexity index is 1570. The van der Waals surface area contributed by atoms with Crippen molar-refractivity contribution in [1.29, 1.82) is 0 Å². The highest BCUT2D eigenvalue weighted by atomic mass is 16.8. The molecule has 1 aromatic carbocycles. The molecule has 16 heteroatoms. The number of unbranched alkanes of at least 4 members (excludes halogenated alkanes) is 1. The van der Waals surface area contributed by atoms with E-state index in [1.165, 1.54) is 27.2 Å². The minimum absolute atomic E-state index is 0.0465. The van der Waals surface area contributed by atoms with Gasteiger partial charge >= 0.3 is 35.8 Å². The molecule has 0 aromatic heterocycles. The zero-order valence-electron chi connectivity index (χ0n) is 33.8. The largest absolute Gasteiger partial charge is 0.472 e. The molecule has 0 unspecified atom stereocenters. The maximum absolute atomic E-state index is 13.1. The smallest absolute Gasteiger partial charge is 0.337 e. The fourth-order valence-corrected chi connectivity index (χ4v) is 7.65. The Hall–Kier alpha value is -4.54. The second kappa shape index (κ2) is 21.8. The van der Waals surface area contributed by atoms with Crippen LogP contribution in [0.2, 0.25) is 0 Å². The lowest BCUT2D eigenvalue weighted by Crippen LogP contribution is -2.63. The molecule has 316 valence electrons. The minimum Gasteiger partial charge on any atom is -0.472 e. The molecule has 4 rings (SSSR count). The lowest BCUT2D eigenvalue weighted by atomic mass is 9.77. The number of ether oxygens (including phenoxy) is 10. The van der Waals surface area contributed by atoms with E-state index in [0.29, 0.717) is 24.2 Å². The van der Waals surface area contributed by atoms with Gasteiger partial charge in [0.1, 0.15) is 18.5 Å². The van der Waals surface area contributed by atoms with Crippen LogP contribution in [0.4, 0.5) is 0 Å². The van der Waals surface area contributed by atoms with Gasteiger partial charge in [0.05, 0.1) is 31.2 Å². The molecule has 0 radical (unpaired) electrons. The molecule has 3 heterocycles. The van der Waals surface area contributed by atoms with Gasteiger partial charge in [0, 0.05) is 46.5 Å². The number of hydrogen-bond donors (Lipinski definition) is 0. The zero-order chi connectivity index (χ0) is 41.6. The molecule has 0 amide bonds. The second-order valence-electron chi connectivity index (χ2n) is 14.5. The minimum atomic E-state index is -1.47. The van der Waals surface area contributed by atoms with E-state index in [4.69, 9.17) is 47.4 Å². The van der Waals surface area contributed by atoms with Crippen LogP contribution in [0, 0.1) is 11.8 Å². The van der Waals surface area contributed by atoms with Crippen molar-refractivity contribution in [2.75, 3.05) is 13.7 Å². The van der Waals surface area contributed by atoms with Gasteiger partial charge in [-0.2, -0.15) is 0 Å². The van der Waals surface area contributed by atoms with E-state index in [9.17, 15) is 28.8 Å². The van der Waals surface area contributed by atoms with Gasteiger partial charge in [0.2, 0.25) is 12.6 Å². The molecule has 10 atom stereocenters. The molecule has 3 aliphatic heterocycles. The molecule has 1 aromatic rings. The highest BCUT2D eigenvalue weighted by Gasteiger charge is 2.54. The third-order valence-electron chi connectivity index (χ3n) is 10.1. The quantitative estimate of drug-likeness (QED) is 0.0900. The Labute approximate surface area is 333 Å². The van der Waals surface area contributed by atoms with Crippen LogP contribution < -0.4 is 4.74 Å². The molecule has 3 aliphatic rings. The molecular formula is C41H56O16. The molecule has 0 N–H and O–H groups in total. The Balaban J connectivity index is 1.49. The summed E-state index contributed by atoms with van der Waals surface area (Å²) < 4.78 is 57.3. The maximum Gasteiger partial charge on any atom is 0.337 e. The second-order valence-corrected chi connectivity index (χ2v) is 14.5. The Morgan fingerprint density at radius 2 is 1.39 bits per heavy atom. The molecule has 0 bridgehead atoms. The average molecular weight is 805 g/mol. The van der Waals surface area contributed by atoms with Gasteiger partial charge in [-0.1, -0.05) is 25.5 Å². The summed E-state index contributed by atoms with van der Waals surface area (Å²) in [5, 5.41) is 0. The molecule has 0 saturated carbocycles. The fraction of sp³-hybridized carbons (Fsp3) is 0.659. The first-order valence-electron chi connectivity index (χ1n) is 19.5. The van der Waals surface area contributed by atoms with Crippen LogP contribution in [0.25, 0.3) is 0 Å². The Morgan fingerprint density at radius 3 is 2.00 bits per heavy atom. The standard InChI is InChI=1S/C41H56O16/c1-8-32-33(20-31-15-11-14-29(55-31)13-10-9-12-28-16-18-30(19-17-28)51-24(3)43)34(39(47)48-7)21-50-40(32)57-41-38(54-27(6)46)37(53-26(5)45)36(52-25(4)44)35(56-41)22-49-23(2)42/h16-19,21,29,31-33,35-38,40-41H,8-15,20,22H2,1-7H3/t29-,31-,32-,33+,35-,36-,37+,38-,40+,41+/m1/s1. The van der Waals surface area contributed by atoms with Crippen molar-refractivity contribution in [3.05, 3.63) is 41.7 Å². The van der Waals surface area contributed by atoms with Crippen molar-refractivity contribution in [1.82, 2.24) is 0 Å². The van der Waals surface area contributed by atoms with Crippen LogP contribution in [0.15, 0.2) is 36.1 Å². The van der Waals surface area contributed by atoms with Crippen LogP contribution in [-0.2, 0) is 77.8 Å². The summed E-state index contributed by atoms with van der Waals surface area (Å²) in [6.45, 7) is 7.47. The van der Waals surface area contributed by atoms with Crippen LogP contribution >= 0.6 is 0 Å². The zero-order valence-corrected chi connectivity index (χ0v) is 33.8. The molecule has 0 spiro atoms. The summed E-state index contributed by atoms with van der Waals surface area (Å²) >= 11 is 0. The van der Waals surface area contributed by atoms with E-state index in [2.05, 4.69) is 0 Å². The van der Waals surface area contributed by atoms with Gasteiger partial charge < -0.3 is 47.4 Å². The molecular weight excluding hydrogens is 748 g/mol. The van der Waals surface area contributed by atoms with Crippen molar-refractivity contribution in [2.24, 2.45) is 11.8 Å². The highest BCUT2D eigenvalue weighted by molar-refractivity contribution is 5.88. The summed E-state index contributed by atoms with van der Waals surface area (Å²) in [5.74, 6) is -4.24. The number of aryl methyl sites for hydroxylation is 1. The summed E-state index contributed by atoms with van der Waals surface area (Å²) in [6, 6.07) is 7.51. The van der Waals surface area contributed by atoms with Crippen molar-refractivity contribution in [3.8, 4) is 5.75 Å². The van der Waals surface area contributed by atoms with Crippen LogP contribution in [0.1, 0.15) is 98.5 Å². The highest BCUT2D eigenvalue weighted by Crippen LogP contribution is 2.41. The topological polar surface area (TPSA) is 195 Å². The van der Waals surface area contributed by atoms with Crippen molar-refractivity contribution in [3.63, 3.8) is 0 Å². The Morgan fingerprint density at radius 1 is 0.737 bits per heavy atom. The van der Waals surface area contributed by atoms with Crippen molar-refractivity contribution >= 4 is 35.8 Å². The average Bonchev–Trinajstić information content (AvgIpc) is 3.15. The number of rotatable bonds is 17. The summed E-state index contributed by atoms with van der Waals surface area (Å²) in [7, 11) is 1.29. The van der Waals surface area contributed by atoms with E-state index in [1.807, 2.05) is 19.1 Å². The van der Waals surface area contributed by atoms with Crippen molar-refractivity contribution < 1.29 is 76.1 Å². The van der Waals surface area contributed by atoms with Crippen LogP contribution in [-0.4, -0.2) is 98.7 Å². The fourth-order valence-electron chi connectivity index (χ4n) is 7.65. The lowest BCUT2D eigenvalue weighted by molar-refractivity contribution is -0.344. The van der Waals surface area contributed by atoms with E-state index < -0.39 is 85.3 Å². The van der Waals surface area contributed by atoms with E-state index >= 15 is 0 Å². The van der Waals surface area contributed by atoms with Crippen molar-refractivity contribution in [2.45, 2.75) is 149 Å². The number of hydrogen-bond acceptors (Lipinski definition) is 16. The van der Waals surface area contributed by atoms with Gasteiger partial charge in [-0.15, -0.1) is 0 Å². The predicted molar refractivity (Wildman–Crippen MR) is 198 cm³/mol. The molecule has 16 nitrogen and oxygen atoms in total. The third kappa shape index (κ3) is 13.5. The lowest BCUT2D eigenvalue weighted by Gasteiger charge is -2.46. The van der Waals surface area contributed by atoms with Gasteiger partial charge in [0.25, 0.3) is 0 Å². The molecule has 0 aliphatic carbocycles. The van der Waals surface area contributed by atoms with Crippen LogP contribution in [0.5, 0.6) is 5.75 Å². The monoisotopic (exact) mass is 804 g/mol. The first-order valence-corrected chi connectivity index (χ1v) is 19.5. The van der Waals surface area contributed by atoms with Gasteiger partial charge in [-0.25, -0.2) is 4.79 Å². The number of methoxy groups -OCH3 is 1. The summed E-state index contributed by atoms with van der Waals surface area (Å²) in [5.41, 5.74) is 1.47. The Kier molecular flexibility index (Phi) is 17.3. The number of esters is 6. The molecule has 2 saturated heterocycles. The maximum atomic E-state index is 13.1. The van der Waals surface area contributed by atoms with Crippen LogP contribution in [0.3, 0.4) is 0 Å². The van der Waals surface area contributed by atoms with E-state index in [-0.39, 0.29) is 18.2 Å². The normalized spacial score (nSPS) is 28.4. The van der Waals surface area contributed by atoms with Gasteiger partial charge in [-0.05, 0) is 69.1 Å². The van der Waals surface area contributed by atoms with Gasteiger partial charge in [0.15, 0.2) is 18.3 Å². The van der Waals surface area contributed by atoms with E-state index in [0.717, 1.165) is 71.3 Å². The predicted octanol–water partition coefficient (Wildman–Crippen LogP) is 4.81. The van der Waals surface area contributed by atoms with Gasteiger partial charge in [-0.3, -0.25) is 24.0 Å². The number of carbonyl (C=O) groups excluding carboxylic acids is 6. The SMILES string of the molecule is CC[C@H]1[C@H](O[C@@H]2O[C@H](COC(C)=O)[C@@H](OC(C)=O)[C@H](OC(C)=O)[C@H]2OC(C)=O)OC=C(C(=O)OC)[C@H]1C[C@H]1CCC[C@@H](CCCCc2ccc(OC(C)=O)cc2)O1. The first-order chi connectivity index (χ1) is 27.2. The third-order valence-corrected chi connectivity index (χ3v) is 10.1. The number of carbonyl (C=O) groups is 6. The summed E-state index contributed by atoms with van der Waals surface area (Å²) in [6.07, 6.45) is 0.480. The first kappa shape index (κ1) is 45.2. The van der Waals surface area contributed by atoms with E-state index in [1.54, 1.807) is 12.1 Å². The summed E-state index contributed by atoms with van der Waals surface area (Å²) in [4.78, 5) is 73.0. The number of benzene rings is 1. The molecule has 57 heavy (non-hydrogen) atoms. The molecule has 2 fully saturated rings.